The molecule has 5 nitrogen and oxygen atoms in total. The van der Waals surface area contributed by atoms with E-state index in [1.807, 2.05) is 0 Å². The molecule has 0 saturated heterocycles. The van der Waals surface area contributed by atoms with Crippen LogP contribution < -0.4 is 5.32 Å². The number of carbonyl (C=O) groups is 1. The molecule has 5 heteroatoms. The zero-order chi connectivity index (χ0) is 10.6. The molecule has 1 unspecified atom stereocenters. The van der Waals surface area contributed by atoms with Gasteiger partial charge in [-0.15, -0.1) is 0 Å². The molecule has 1 amide bonds. The number of aliphatic hydroxyl groups excluding tert-OH is 1. The number of aromatic nitrogens is 2. The van der Waals surface area contributed by atoms with E-state index in [1.54, 1.807) is 13.8 Å². The van der Waals surface area contributed by atoms with Gasteiger partial charge in [0, 0.05) is 12.2 Å². The van der Waals surface area contributed by atoms with Gasteiger partial charge < -0.3 is 10.4 Å². The molecule has 0 fully saturated rings. The van der Waals surface area contributed by atoms with Gasteiger partial charge in [-0.1, -0.05) is 0 Å². The fraction of sp³-hybridized carbons (Fsp3) is 0.444. The Hall–Kier alpha value is -1.49. The van der Waals surface area contributed by atoms with Crippen LogP contribution in [0.25, 0.3) is 0 Å². The summed E-state index contributed by atoms with van der Waals surface area (Å²) < 4.78 is 0. The van der Waals surface area contributed by atoms with E-state index in [9.17, 15) is 4.79 Å². The molecule has 14 heavy (non-hydrogen) atoms. The molecular formula is C9H13N3O2. The van der Waals surface area contributed by atoms with Crippen LogP contribution in [0.1, 0.15) is 23.1 Å². The van der Waals surface area contributed by atoms with Crippen molar-refractivity contribution >= 4 is 5.91 Å². The summed E-state index contributed by atoms with van der Waals surface area (Å²) >= 11 is 0. The maximum atomic E-state index is 11.4. The van der Waals surface area contributed by atoms with Crippen molar-refractivity contribution in [3.05, 3.63) is 23.8 Å². The molecule has 1 aromatic heterocycles. The number of hydrogen-bond donors (Lipinski definition) is 2. The first-order chi connectivity index (χ1) is 6.63. The predicted molar refractivity (Wildman–Crippen MR) is 50.8 cm³/mol. The molecule has 1 atom stereocenters. The summed E-state index contributed by atoms with van der Waals surface area (Å²) in [7, 11) is 0. The number of aryl methyl sites for hydroxylation is 1. The SMILES string of the molecule is Cc1cnc(C(=O)NC(C)CO)cn1. The van der Waals surface area contributed by atoms with E-state index in [-0.39, 0.29) is 24.2 Å². The molecule has 2 N–H and O–H groups in total. The third kappa shape index (κ3) is 2.77. The molecule has 1 rings (SSSR count). The molecule has 1 aromatic rings. The highest BCUT2D eigenvalue weighted by Gasteiger charge is 2.09. The van der Waals surface area contributed by atoms with E-state index in [2.05, 4.69) is 15.3 Å². The van der Waals surface area contributed by atoms with Gasteiger partial charge >= 0.3 is 0 Å². The van der Waals surface area contributed by atoms with Crippen LogP contribution in [0.5, 0.6) is 0 Å². The van der Waals surface area contributed by atoms with Crippen molar-refractivity contribution in [1.29, 1.82) is 0 Å². The quantitative estimate of drug-likeness (QED) is 0.706. The lowest BCUT2D eigenvalue weighted by molar-refractivity contribution is 0.0917. The lowest BCUT2D eigenvalue weighted by atomic mass is 10.3. The number of hydrogen-bond acceptors (Lipinski definition) is 4. The Morgan fingerprint density at radius 3 is 2.79 bits per heavy atom. The van der Waals surface area contributed by atoms with Gasteiger partial charge in [-0.3, -0.25) is 9.78 Å². The third-order valence-electron chi connectivity index (χ3n) is 1.66. The van der Waals surface area contributed by atoms with Crippen LogP contribution in [0.15, 0.2) is 12.4 Å². The summed E-state index contributed by atoms with van der Waals surface area (Å²) in [6.45, 7) is 3.41. The Morgan fingerprint density at radius 2 is 2.29 bits per heavy atom. The first kappa shape index (κ1) is 10.6. The highest BCUT2D eigenvalue weighted by Crippen LogP contribution is 1.94. The smallest absolute Gasteiger partial charge is 0.271 e. The maximum Gasteiger partial charge on any atom is 0.271 e. The Kier molecular flexibility index (Phi) is 3.53. The first-order valence-electron chi connectivity index (χ1n) is 4.34. The second kappa shape index (κ2) is 4.66. The van der Waals surface area contributed by atoms with Crippen molar-refractivity contribution in [3.8, 4) is 0 Å². The van der Waals surface area contributed by atoms with Gasteiger partial charge in [-0.05, 0) is 13.8 Å². The van der Waals surface area contributed by atoms with Crippen molar-refractivity contribution in [2.75, 3.05) is 6.61 Å². The fourth-order valence-electron chi connectivity index (χ4n) is 0.853. The van der Waals surface area contributed by atoms with Crippen molar-refractivity contribution in [3.63, 3.8) is 0 Å². The normalized spacial score (nSPS) is 12.2. The van der Waals surface area contributed by atoms with E-state index in [0.29, 0.717) is 0 Å². The van der Waals surface area contributed by atoms with Crippen molar-refractivity contribution < 1.29 is 9.90 Å². The zero-order valence-electron chi connectivity index (χ0n) is 8.19. The topological polar surface area (TPSA) is 75.1 Å². The highest BCUT2D eigenvalue weighted by atomic mass is 16.3. The average molecular weight is 195 g/mol. The van der Waals surface area contributed by atoms with Gasteiger partial charge in [0.25, 0.3) is 5.91 Å². The number of aliphatic hydroxyl groups is 1. The summed E-state index contributed by atoms with van der Waals surface area (Å²) in [6, 6.07) is -0.273. The molecule has 0 spiro atoms. The van der Waals surface area contributed by atoms with Crippen molar-refractivity contribution in [2.45, 2.75) is 19.9 Å². The van der Waals surface area contributed by atoms with Crippen LogP contribution >= 0.6 is 0 Å². The monoisotopic (exact) mass is 195 g/mol. The minimum absolute atomic E-state index is 0.0922. The number of nitrogens with zero attached hydrogens (tertiary/aromatic N) is 2. The van der Waals surface area contributed by atoms with E-state index >= 15 is 0 Å². The molecule has 0 saturated carbocycles. The van der Waals surface area contributed by atoms with Gasteiger partial charge in [0.1, 0.15) is 5.69 Å². The van der Waals surface area contributed by atoms with Crippen molar-refractivity contribution in [1.82, 2.24) is 15.3 Å². The van der Waals surface area contributed by atoms with Crippen LogP contribution in [0.4, 0.5) is 0 Å². The van der Waals surface area contributed by atoms with Gasteiger partial charge in [0.05, 0.1) is 18.5 Å². The largest absolute Gasteiger partial charge is 0.394 e. The maximum absolute atomic E-state index is 11.4. The lowest BCUT2D eigenvalue weighted by Crippen LogP contribution is -2.35. The summed E-state index contributed by atoms with van der Waals surface area (Å²) in [4.78, 5) is 19.3. The molecule has 0 aliphatic rings. The standard InChI is InChI=1S/C9H13N3O2/c1-6-3-11-8(4-10-6)9(14)12-7(2)5-13/h3-4,7,13H,5H2,1-2H3,(H,12,14). The fourth-order valence-corrected chi connectivity index (χ4v) is 0.853. The van der Waals surface area contributed by atoms with Crippen LogP contribution in [0.2, 0.25) is 0 Å². The summed E-state index contributed by atoms with van der Waals surface area (Å²) in [5.74, 6) is -0.320. The number of amides is 1. The summed E-state index contributed by atoms with van der Waals surface area (Å²) in [5, 5.41) is 11.3. The second-order valence-corrected chi connectivity index (χ2v) is 3.10. The number of rotatable bonds is 3. The Morgan fingerprint density at radius 1 is 1.57 bits per heavy atom. The minimum atomic E-state index is -0.320. The van der Waals surface area contributed by atoms with Crippen LogP contribution in [0.3, 0.4) is 0 Å². The molecule has 0 aliphatic carbocycles. The van der Waals surface area contributed by atoms with Gasteiger partial charge in [0.15, 0.2) is 0 Å². The molecule has 0 bridgehead atoms. The first-order valence-corrected chi connectivity index (χ1v) is 4.34. The van der Waals surface area contributed by atoms with Gasteiger partial charge in [-0.25, -0.2) is 4.98 Å². The van der Waals surface area contributed by atoms with E-state index < -0.39 is 0 Å². The molecular weight excluding hydrogens is 182 g/mol. The number of carbonyl (C=O) groups excluding carboxylic acids is 1. The zero-order valence-corrected chi connectivity index (χ0v) is 8.19. The average Bonchev–Trinajstić information content (AvgIpc) is 2.18. The predicted octanol–water partition coefficient (Wildman–Crippen LogP) is -0.104. The minimum Gasteiger partial charge on any atom is -0.394 e. The second-order valence-electron chi connectivity index (χ2n) is 3.10. The lowest BCUT2D eigenvalue weighted by Gasteiger charge is -2.09. The third-order valence-corrected chi connectivity index (χ3v) is 1.66. The molecule has 0 radical (unpaired) electrons. The van der Waals surface area contributed by atoms with Crippen LogP contribution in [-0.4, -0.2) is 33.6 Å². The molecule has 0 aromatic carbocycles. The molecule has 1 heterocycles. The molecule has 76 valence electrons. The van der Waals surface area contributed by atoms with Crippen LogP contribution in [-0.2, 0) is 0 Å². The van der Waals surface area contributed by atoms with Gasteiger partial charge in [-0.2, -0.15) is 0 Å². The Balaban J connectivity index is 2.65. The summed E-state index contributed by atoms with van der Waals surface area (Å²) in [5.41, 5.74) is 1.02. The van der Waals surface area contributed by atoms with Gasteiger partial charge in [0.2, 0.25) is 0 Å². The van der Waals surface area contributed by atoms with E-state index in [4.69, 9.17) is 5.11 Å². The molecule has 0 aliphatic heterocycles. The highest BCUT2D eigenvalue weighted by molar-refractivity contribution is 5.92. The summed E-state index contributed by atoms with van der Waals surface area (Å²) in [6.07, 6.45) is 2.94. The van der Waals surface area contributed by atoms with E-state index in [1.165, 1.54) is 12.4 Å². The Labute approximate surface area is 82.2 Å². The van der Waals surface area contributed by atoms with Crippen LogP contribution in [0, 0.1) is 6.92 Å². The van der Waals surface area contributed by atoms with E-state index in [0.717, 1.165) is 5.69 Å². The Bertz CT molecular complexity index is 310. The van der Waals surface area contributed by atoms with Crippen molar-refractivity contribution in [2.24, 2.45) is 0 Å². The number of nitrogens with one attached hydrogen (secondary N) is 1.